The molecule has 1 saturated heterocycles. The third kappa shape index (κ3) is 2.01. The SMILES string of the molecule is Cc1ccc(C2CCCNC2=O)c(F)c1. The van der Waals surface area contributed by atoms with Crippen LogP contribution in [0, 0.1) is 12.7 Å². The first-order valence-corrected chi connectivity index (χ1v) is 5.22. The standard InChI is InChI=1S/C12H14FNO/c1-8-4-5-9(11(13)7-8)10-3-2-6-14-12(10)15/h4-5,7,10H,2-3,6H2,1H3,(H,14,15). The minimum absolute atomic E-state index is 0.0518. The average Bonchev–Trinajstić information content (AvgIpc) is 2.20. The van der Waals surface area contributed by atoms with Gasteiger partial charge in [-0.05, 0) is 31.4 Å². The van der Waals surface area contributed by atoms with E-state index in [1.807, 2.05) is 13.0 Å². The molecular formula is C12H14FNO. The van der Waals surface area contributed by atoms with Gasteiger partial charge in [0.15, 0.2) is 0 Å². The van der Waals surface area contributed by atoms with Crippen molar-refractivity contribution in [1.29, 1.82) is 0 Å². The monoisotopic (exact) mass is 207 g/mol. The molecule has 1 fully saturated rings. The van der Waals surface area contributed by atoms with Crippen LogP contribution >= 0.6 is 0 Å². The molecule has 1 heterocycles. The van der Waals surface area contributed by atoms with Crippen LogP contribution in [0.5, 0.6) is 0 Å². The molecule has 0 radical (unpaired) electrons. The molecule has 1 N–H and O–H groups in total. The van der Waals surface area contributed by atoms with Crippen LogP contribution in [0.25, 0.3) is 0 Å². The number of nitrogens with one attached hydrogen (secondary N) is 1. The Bertz CT molecular complexity index is 389. The van der Waals surface area contributed by atoms with E-state index in [1.54, 1.807) is 6.07 Å². The zero-order valence-electron chi connectivity index (χ0n) is 8.72. The van der Waals surface area contributed by atoms with Gasteiger partial charge >= 0.3 is 0 Å². The lowest BCUT2D eigenvalue weighted by molar-refractivity contribution is -0.123. The summed E-state index contributed by atoms with van der Waals surface area (Å²) >= 11 is 0. The van der Waals surface area contributed by atoms with Crippen molar-refractivity contribution in [3.8, 4) is 0 Å². The first-order valence-electron chi connectivity index (χ1n) is 5.22. The highest BCUT2D eigenvalue weighted by atomic mass is 19.1. The maximum absolute atomic E-state index is 13.6. The van der Waals surface area contributed by atoms with Crippen molar-refractivity contribution in [3.05, 3.63) is 35.1 Å². The van der Waals surface area contributed by atoms with E-state index in [-0.39, 0.29) is 17.6 Å². The summed E-state index contributed by atoms with van der Waals surface area (Å²) in [5.74, 6) is -0.625. The van der Waals surface area contributed by atoms with Crippen LogP contribution in [-0.4, -0.2) is 12.5 Å². The zero-order chi connectivity index (χ0) is 10.8. The number of amides is 1. The van der Waals surface area contributed by atoms with Crippen LogP contribution in [0.4, 0.5) is 4.39 Å². The fourth-order valence-corrected chi connectivity index (χ4v) is 1.98. The van der Waals surface area contributed by atoms with Crippen LogP contribution in [0.3, 0.4) is 0 Å². The van der Waals surface area contributed by atoms with E-state index in [0.29, 0.717) is 12.1 Å². The average molecular weight is 207 g/mol. The summed E-state index contributed by atoms with van der Waals surface area (Å²) in [5.41, 5.74) is 1.41. The zero-order valence-corrected chi connectivity index (χ0v) is 8.72. The first kappa shape index (κ1) is 10.1. The van der Waals surface area contributed by atoms with Crippen molar-refractivity contribution in [2.75, 3.05) is 6.54 Å². The highest BCUT2D eigenvalue weighted by Crippen LogP contribution is 2.26. The molecule has 0 bridgehead atoms. The molecule has 2 nitrogen and oxygen atoms in total. The smallest absolute Gasteiger partial charge is 0.227 e. The molecule has 2 rings (SSSR count). The van der Waals surface area contributed by atoms with Gasteiger partial charge in [0.2, 0.25) is 5.91 Å². The van der Waals surface area contributed by atoms with Crippen LogP contribution in [0.2, 0.25) is 0 Å². The molecular weight excluding hydrogens is 193 g/mol. The third-order valence-corrected chi connectivity index (χ3v) is 2.82. The van der Waals surface area contributed by atoms with Gasteiger partial charge in [-0.1, -0.05) is 12.1 Å². The largest absolute Gasteiger partial charge is 0.356 e. The lowest BCUT2D eigenvalue weighted by Crippen LogP contribution is -2.35. The quantitative estimate of drug-likeness (QED) is 0.751. The van der Waals surface area contributed by atoms with E-state index in [4.69, 9.17) is 0 Å². The normalized spacial score (nSPS) is 21.2. The predicted octanol–water partition coefficient (Wildman–Crippen LogP) is 2.13. The fraction of sp³-hybridized carbons (Fsp3) is 0.417. The lowest BCUT2D eigenvalue weighted by atomic mass is 9.90. The lowest BCUT2D eigenvalue weighted by Gasteiger charge is -2.22. The number of rotatable bonds is 1. The summed E-state index contributed by atoms with van der Waals surface area (Å²) < 4.78 is 13.6. The van der Waals surface area contributed by atoms with Crippen molar-refractivity contribution in [3.63, 3.8) is 0 Å². The minimum atomic E-state index is -0.306. The Morgan fingerprint density at radius 3 is 2.93 bits per heavy atom. The van der Waals surface area contributed by atoms with Gasteiger partial charge in [-0.3, -0.25) is 4.79 Å². The van der Waals surface area contributed by atoms with Crippen LogP contribution in [0.15, 0.2) is 18.2 Å². The Kier molecular flexibility index (Phi) is 2.71. The van der Waals surface area contributed by atoms with Crippen molar-refractivity contribution < 1.29 is 9.18 Å². The summed E-state index contributed by atoms with van der Waals surface area (Å²) in [7, 11) is 0. The predicted molar refractivity (Wildman–Crippen MR) is 56.1 cm³/mol. The molecule has 15 heavy (non-hydrogen) atoms. The number of hydrogen-bond acceptors (Lipinski definition) is 1. The number of carbonyl (C=O) groups is 1. The van der Waals surface area contributed by atoms with Crippen LogP contribution in [-0.2, 0) is 4.79 Å². The molecule has 1 unspecified atom stereocenters. The number of benzene rings is 1. The van der Waals surface area contributed by atoms with Crippen molar-refractivity contribution in [1.82, 2.24) is 5.32 Å². The molecule has 0 aromatic heterocycles. The van der Waals surface area contributed by atoms with E-state index < -0.39 is 0 Å². The number of carbonyl (C=O) groups excluding carboxylic acids is 1. The molecule has 0 saturated carbocycles. The highest BCUT2D eigenvalue weighted by Gasteiger charge is 2.25. The molecule has 1 aliphatic rings. The second-order valence-electron chi connectivity index (χ2n) is 4.01. The maximum Gasteiger partial charge on any atom is 0.227 e. The summed E-state index contributed by atoms with van der Waals surface area (Å²) in [4.78, 5) is 11.6. The molecule has 3 heteroatoms. The molecule has 1 aromatic carbocycles. The van der Waals surface area contributed by atoms with Crippen LogP contribution in [0.1, 0.15) is 29.9 Å². The van der Waals surface area contributed by atoms with Crippen molar-refractivity contribution >= 4 is 5.91 Å². The van der Waals surface area contributed by atoms with Gasteiger partial charge < -0.3 is 5.32 Å². The van der Waals surface area contributed by atoms with Crippen LogP contribution < -0.4 is 5.32 Å². The van der Waals surface area contributed by atoms with E-state index in [9.17, 15) is 9.18 Å². The molecule has 1 amide bonds. The van der Waals surface area contributed by atoms with Crippen molar-refractivity contribution in [2.24, 2.45) is 0 Å². The molecule has 1 aromatic rings. The molecule has 80 valence electrons. The summed E-state index contributed by atoms with van der Waals surface area (Å²) in [6.07, 6.45) is 1.66. The topological polar surface area (TPSA) is 29.1 Å². The van der Waals surface area contributed by atoms with E-state index in [0.717, 1.165) is 18.4 Å². The Morgan fingerprint density at radius 1 is 1.47 bits per heavy atom. The van der Waals surface area contributed by atoms with E-state index >= 15 is 0 Å². The Morgan fingerprint density at radius 2 is 2.27 bits per heavy atom. The summed E-state index contributed by atoms with van der Waals surface area (Å²) in [6.45, 7) is 2.55. The number of piperidine rings is 1. The second-order valence-corrected chi connectivity index (χ2v) is 4.01. The highest BCUT2D eigenvalue weighted by molar-refractivity contribution is 5.84. The minimum Gasteiger partial charge on any atom is -0.356 e. The Labute approximate surface area is 88.5 Å². The Balaban J connectivity index is 2.31. The van der Waals surface area contributed by atoms with Gasteiger partial charge in [-0.2, -0.15) is 0 Å². The molecule has 1 aliphatic heterocycles. The number of aryl methyl sites for hydroxylation is 1. The summed E-state index contributed by atoms with van der Waals surface area (Å²) in [6, 6.07) is 5.05. The van der Waals surface area contributed by atoms with Gasteiger partial charge in [0.05, 0.1) is 5.92 Å². The molecule has 1 atom stereocenters. The fourth-order valence-electron chi connectivity index (χ4n) is 1.98. The number of halogens is 1. The van der Waals surface area contributed by atoms with E-state index in [1.165, 1.54) is 6.07 Å². The van der Waals surface area contributed by atoms with Gasteiger partial charge in [0, 0.05) is 12.1 Å². The maximum atomic E-state index is 13.6. The second kappa shape index (κ2) is 4.01. The van der Waals surface area contributed by atoms with Gasteiger partial charge in [-0.15, -0.1) is 0 Å². The van der Waals surface area contributed by atoms with Gasteiger partial charge in [0.25, 0.3) is 0 Å². The molecule has 0 spiro atoms. The van der Waals surface area contributed by atoms with Crippen molar-refractivity contribution in [2.45, 2.75) is 25.7 Å². The number of hydrogen-bond donors (Lipinski definition) is 1. The summed E-state index contributed by atoms with van der Waals surface area (Å²) in [5, 5.41) is 2.77. The van der Waals surface area contributed by atoms with E-state index in [2.05, 4.69) is 5.32 Å². The third-order valence-electron chi connectivity index (χ3n) is 2.82. The molecule has 0 aliphatic carbocycles. The van der Waals surface area contributed by atoms with Gasteiger partial charge in [0.1, 0.15) is 5.82 Å². The van der Waals surface area contributed by atoms with Gasteiger partial charge in [-0.25, -0.2) is 4.39 Å². The first-order chi connectivity index (χ1) is 7.18. The Hall–Kier alpha value is -1.38.